The fourth-order valence-electron chi connectivity index (χ4n) is 2.63. The molecule has 2 N–H and O–H groups in total. The molecule has 2 rings (SSSR count). The molecule has 0 saturated heterocycles. The molecule has 0 aromatic heterocycles. The SMILES string of the molecule is CCCCC(=N/O)/C(=N/NS(=O)(=O)c1ccc(C)cc1)c1ccc(CC)cc1. The lowest BCUT2D eigenvalue weighted by Crippen LogP contribution is -2.24. The van der Waals surface area contributed by atoms with E-state index in [2.05, 4.69) is 22.0 Å². The molecule has 0 unspecified atom stereocenters. The molecule has 0 saturated carbocycles. The van der Waals surface area contributed by atoms with Crippen LogP contribution in [-0.2, 0) is 16.4 Å². The van der Waals surface area contributed by atoms with E-state index in [9.17, 15) is 13.6 Å². The number of nitrogens with one attached hydrogen (secondary N) is 1. The number of aryl methyl sites for hydroxylation is 2. The third-order valence-electron chi connectivity index (χ3n) is 4.41. The van der Waals surface area contributed by atoms with Crippen molar-refractivity contribution in [1.82, 2.24) is 4.83 Å². The largest absolute Gasteiger partial charge is 0.411 e. The zero-order valence-electron chi connectivity index (χ0n) is 16.5. The van der Waals surface area contributed by atoms with Gasteiger partial charge in [-0.1, -0.05) is 67.4 Å². The van der Waals surface area contributed by atoms with Crippen molar-refractivity contribution in [2.45, 2.75) is 51.3 Å². The van der Waals surface area contributed by atoms with Gasteiger partial charge < -0.3 is 5.21 Å². The number of hydrogen-bond donors (Lipinski definition) is 2. The zero-order chi connectivity index (χ0) is 20.6. The van der Waals surface area contributed by atoms with E-state index in [1.54, 1.807) is 12.1 Å². The van der Waals surface area contributed by atoms with Crippen molar-refractivity contribution in [3.63, 3.8) is 0 Å². The predicted molar refractivity (Wildman–Crippen MR) is 113 cm³/mol. The van der Waals surface area contributed by atoms with Gasteiger partial charge in [0.2, 0.25) is 0 Å². The number of oxime groups is 1. The molecule has 0 atom stereocenters. The number of benzene rings is 2. The number of unbranched alkanes of at least 4 members (excludes halogenated alkanes) is 1. The second kappa shape index (κ2) is 10.0. The highest BCUT2D eigenvalue weighted by Crippen LogP contribution is 2.13. The zero-order valence-corrected chi connectivity index (χ0v) is 17.3. The summed E-state index contributed by atoms with van der Waals surface area (Å²) in [6.07, 6.45) is 3.10. The van der Waals surface area contributed by atoms with Gasteiger partial charge in [-0.3, -0.25) is 0 Å². The summed E-state index contributed by atoms with van der Waals surface area (Å²) in [5.74, 6) is 0. The van der Waals surface area contributed by atoms with E-state index in [1.165, 1.54) is 12.1 Å². The minimum absolute atomic E-state index is 0.124. The lowest BCUT2D eigenvalue weighted by Gasteiger charge is -2.11. The normalized spacial score (nSPS) is 12.8. The van der Waals surface area contributed by atoms with Crippen molar-refractivity contribution in [2.24, 2.45) is 10.3 Å². The maximum atomic E-state index is 12.6. The Kier molecular flexibility index (Phi) is 7.75. The molecular weight excluding hydrogens is 374 g/mol. The average Bonchev–Trinajstić information content (AvgIpc) is 2.71. The Hall–Kier alpha value is -2.67. The summed E-state index contributed by atoms with van der Waals surface area (Å²) in [5, 5.41) is 17.0. The second-order valence-corrected chi connectivity index (χ2v) is 8.23. The van der Waals surface area contributed by atoms with Crippen molar-refractivity contribution in [3.8, 4) is 0 Å². The second-order valence-electron chi connectivity index (χ2n) is 6.57. The van der Waals surface area contributed by atoms with Crippen LogP contribution in [0.5, 0.6) is 0 Å². The quantitative estimate of drug-likeness (QED) is 0.374. The van der Waals surface area contributed by atoms with E-state index in [4.69, 9.17) is 0 Å². The van der Waals surface area contributed by atoms with Crippen molar-refractivity contribution >= 4 is 21.4 Å². The van der Waals surface area contributed by atoms with Gasteiger partial charge in [0.25, 0.3) is 10.0 Å². The molecule has 6 nitrogen and oxygen atoms in total. The molecule has 0 aliphatic heterocycles. The van der Waals surface area contributed by atoms with Gasteiger partial charge in [-0.05, 0) is 43.9 Å². The Morgan fingerprint density at radius 1 is 1.04 bits per heavy atom. The molecular formula is C21H27N3O3S. The topological polar surface area (TPSA) is 91.1 Å². The molecule has 150 valence electrons. The van der Waals surface area contributed by atoms with Crippen LogP contribution in [0.2, 0.25) is 0 Å². The summed E-state index contributed by atoms with van der Waals surface area (Å²) in [7, 11) is -3.83. The molecule has 7 heteroatoms. The lowest BCUT2D eigenvalue weighted by atomic mass is 10.00. The van der Waals surface area contributed by atoms with E-state index in [-0.39, 0.29) is 4.90 Å². The van der Waals surface area contributed by atoms with E-state index in [1.807, 2.05) is 38.1 Å². The van der Waals surface area contributed by atoms with Crippen molar-refractivity contribution in [2.75, 3.05) is 0 Å². The van der Waals surface area contributed by atoms with E-state index in [0.717, 1.165) is 30.4 Å². The van der Waals surface area contributed by atoms with Crippen LogP contribution in [0.4, 0.5) is 0 Å². The molecule has 0 fully saturated rings. The lowest BCUT2D eigenvalue weighted by molar-refractivity contribution is 0.318. The summed E-state index contributed by atoms with van der Waals surface area (Å²) in [6.45, 7) is 5.97. The first-order chi connectivity index (χ1) is 13.4. The fourth-order valence-corrected chi connectivity index (χ4v) is 3.44. The van der Waals surface area contributed by atoms with Gasteiger partial charge in [0, 0.05) is 5.56 Å². The number of nitrogens with zero attached hydrogens (tertiary/aromatic N) is 2. The maximum absolute atomic E-state index is 12.6. The van der Waals surface area contributed by atoms with E-state index in [0.29, 0.717) is 23.4 Å². The van der Waals surface area contributed by atoms with Gasteiger partial charge in [0.15, 0.2) is 0 Å². The van der Waals surface area contributed by atoms with Crippen LogP contribution in [-0.4, -0.2) is 25.0 Å². The third kappa shape index (κ3) is 5.66. The van der Waals surface area contributed by atoms with Gasteiger partial charge in [-0.15, -0.1) is 0 Å². The van der Waals surface area contributed by atoms with Crippen LogP contribution in [0.1, 0.15) is 49.8 Å². The Morgan fingerprint density at radius 3 is 2.21 bits per heavy atom. The summed E-state index contributed by atoms with van der Waals surface area (Å²) >= 11 is 0. The van der Waals surface area contributed by atoms with Crippen LogP contribution in [0.25, 0.3) is 0 Å². The maximum Gasteiger partial charge on any atom is 0.276 e. The fraction of sp³-hybridized carbons (Fsp3) is 0.333. The molecule has 2 aromatic carbocycles. The first-order valence-electron chi connectivity index (χ1n) is 9.38. The summed E-state index contributed by atoms with van der Waals surface area (Å²) in [4.78, 5) is 2.41. The molecule has 0 bridgehead atoms. The summed E-state index contributed by atoms with van der Waals surface area (Å²) in [6, 6.07) is 14.1. The molecule has 2 aromatic rings. The monoisotopic (exact) mass is 401 g/mol. The minimum Gasteiger partial charge on any atom is -0.411 e. The van der Waals surface area contributed by atoms with Crippen molar-refractivity contribution in [3.05, 3.63) is 65.2 Å². The average molecular weight is 402 g/mol. The van der Waals surface area contributed by atoms with Crippen LogP contribution >= 0.6 is 0 Å². The van der Waals surface area contributed by atoms with Gasteiger partial charge in [-0.2, -0.15) is 18.4 Å². The Balaban J connectivity index is 2.40. The van der Waals surface area contributed by atoms with Gasteiger partial charge in [-0.25, -0.2) is 0 Å². The Bertz CT molecular complexity index is 932. The van der Waals surface area contributed by atoms with Crippen molar-refractivity contribution < 1.29 is 13.6 Å². The van der Waals surface area contributed by atoms with Crippen LogP contribution in [0, 0.1) is 6.92 Å². The Morgan fingerprint density at radius 2 is 1.68 bits per heavy atom. The predicted octanol–water partition coefficient (Wildman–Crippen LogP) is 4.26. The molecule has 0 radical (unpaired) electrons. The molecule has 0 spiro atoms. The third-order valence-corrected chi connectivity index (χ3v) is 5.63. The highest BCUT2D eigenvalue weighted by molar-refractivity contribution is 7.89. The molecule has 0 aliphatic carbocycles. The number of sulfonamides is 1. The number of hydrazone groups is 1. The first kappa shape index (κ1) is 21.6. The van der Waals surface area contributed by atoms with Gasteiger partial charge in [0.1, 0.15) is 11.4 Å². The molecule has 0 aliphatic rings. The molecule has 0 amide bonds. The molecule has 28 heavy (non-hydrogen) atoms. The summed E-state index contributed by atoms with van der Waals surface area (Å²) in [5.41, 5.74) is 3.47. The van der Waals surface area contributed by atoms with E-state index >= 15 is 0 Å². The van der Waals surface area contributed by atoms with Crippen LogP contribution in [0.3, 0.4) is 0 Å². The highest BCUT2D eigenvalue weighted by Gasteiger charge is 2.17. The standard InChI is InChI=1S/C21H27N3O3S/c1-4-6-7-20(23-25)21(18-12-10-17(5-2)11-13-18)22-24-28(26,27)19-14-8-16(3)9-15-19/h8-15,24-25H,4-7H2,1-3H3/b22-21+,23-20-. The smallest absolute Gasteiger partial charge is 0.276 e. The Labute approximate surface area is 167 Å². The van der Waals surface area contributed by atoms with Gasteiger partial charge >= 0.3 is 0 Å². The highest BCUT2D eigenvalue weighted by atomic mass is 32.2. The minimum atomic E-state index is -3.83. The van der Waals surface area contributed by atoms with Crippen LogP contribution in [0.15, 0.2) is 63.7 Å². The van der Waals surface area contributed by atoms with E-state index < -0.39 is 10.0 Å². The number of hydrogen-bond acceptors (Lipinski definition) is 5. The summed E-state index contributed by atoms with van der Waals surface area (Å²) < 4.78 is 25.2. The number of rotatable bonds is 9. The van der Waals surface area contributed by atoms with Crippen molar-refractivity contribution in [1.29, 1.82) is 0 Å². The first-order valence-corrected chi connectivity index (χ1v) is 10.9. The van der Waals surface area contributed by atoms with Gasteiger partial charge in [0.05, 0.1) is 4.90 Å². The van der Waals surface area contributed by atoms with Crippen LogP contribution < -0.4 is 4.83 Å². The molecule has 0 heterocycles.